The highest BCUT2D eigenvalue weighted by Crippen LogP contribution is 2.39. The summed E-state index contributed by atoms with van der Waals surface area (Å²) < 4.78 is 16.2. The third kappa shape index (κ3) is 2.97. The highest BCUT2D eigenvalue weighted by Gasteiger charge is 2.15. The molecule has 0 radical (unpaired) electrons. The first kappa shape index (κ1) is 15.3. The lowest BCUT2D eigenvalue weighted by molar-refractivity contribution is 0.324. The van der Waals surface area contributed by atoms with Crippen LogP contribution in [0.4, 0.5) is 0 Å². The molecule has 0 amide bonds. The van der Waals surface area contributed by atoms with E-state index >= 15 is 0 Å². The summed E-state index contributed by atoms with van der Waals surface area (Å²) in [6, 6.07) is 12.4. The molecule has 0 saturated heterocycles. The number of methoxy groups -OCH3 is 3. The van der Waals surface area contributed by atoms with E-state index in [4.69, 9.17) is 14.2 Å². The van der Waals surface area contributed by atoms with Crippen LogP contribution in [0, 0.1) is 0 Å². The smallest absolute Gasteiger partial charge is 0.203 e. The molecule has 0 bridgehead atoms. The van der Waals surface area contributed by atoms with Crippen molar-refractivity contribution in [2.75, 3.05) is 27.9 Å². The Balaban J connectivity index is 2.07. The molecule has 0 aromatic heterocycles. The number of hydrogen-bond acceptors (Lipinski definition) is 4. The number of nitrogens with one attached hydrogen (secondary N) is 1. The second-order valence-corrected chi connectivity index (χ2v) is 5.35. The van der Waals surface area contributed by atoms with Crippen molar-refractivity contribution in [2.24, 2.45) is 0 Å². The predicted molar refractivity (Wildman–Crippen MR) is 92.1 cm³/mol. The summed E-state index contributed by atoms with van der Waals surface area (Å²) in [5.74, 6) is 1.92. The van der Waals surface area contributed by atoms with E-state index in [2.05, 4.69) is 35.7 Å². The molecule has 1 aliphatic rings. The zero-order valence-corrected chi connectivity index (χ0v) is 13.7. The minimum Gasteiger partial charge on any atom is -0.493 e. The van der Waals surface area contributed by atoms with Gasteiger partial charge in [0.05, 0.1) is 21.3 Å². The Labute approximate surface area is 136 Å². The maximum absolute atomic E-state index is 5.42. The molecule has 0 spiro atoms. The molecule has 4 heteroatoms. The summed E-state index contributed by atoms with van der Waals surface area (Å²) >= 11 is 0. The Hall–Kier alpha value is -2.62. The zero-order valence-electron chi connectivity index (χ0n) is 13.7. The number of rotatable bonds is 4. The van der Waals surface area contributed by atoms with Gasteiger partial charge in [-0.1, -0.05) is 24.3 Å². The molecule has 0 saturated carbocycles. The van der Waals surface area contributed by atoms with Gasteiger partial charge in [-0.15, -0.1) is 0 Å². The molecule has 120 valence electrons. The standard InChI is InChI=1S/C19H21NO3/c1-21-17-11-13(12-18(22-2)19(17)23-3)10-16-15-7-5-4-6-14(15)8-9-20-16/h4-7,10-12,20H,8-9H2,1-3H3. The first-order valence-electron chi connectivity index (χ1n) is 7.60. The molecule has 4 nitrogen and oxygen atoms in total. The van der Waals surface area contributed by atoms with E-state index in [1.807, 2.05) is 12.1 Å². The average Bonchev–Trinajstić information content (AvgIpc) is 2.61. The molecule has 0 aliphatic carbocycles. The predicted octanol–water partition coefficient (Wildman–Crippen LogP) is 3.36. The van der Waals surface area contributed by atoms with E-state index in [0.29, 0.717) is 17.2 Å². The van der Waals surface area contributed by atoms with Gasteiger partial charge in [-0.25, -0.2) is 0 Å². The Kier molecular flexibility index (Phi) is 4.42. The quantitative estimate of drug-likeness (QED) is 0.940. The van der Waals surface area contributed by atoms with Crippen LogP contribution < -0.4 is 19.5 Å². The van der Waals surface area contributed by atoms with Crippen LogP contribution in [0.25, 0.3) is 11.8 Å². The van der Waals surface area contributed by atoms with Crippen molar-refractivity contribution in [1.82, 2.24) is 5.32 Å². The fraction of sp³-hybridized carbons (Fsp3) is 0.263. The van der Waals surface area contributed by atoms with Crippen LogP contribution in [-0.2, 0) is 6.42 Å². The van der Waals surface area contributed by atoms with Crippen LogP contribution in [0.5, 0.6) is 17.2 Å². The Morgan fingerprint density at radius 3 is 2.30 bits per heavy atom. The van der Waals surface area contributed by atoms with Gasteiger partial charge in [-0.05, 0) is 35.8 Å². The molecule has 1 heterocycles. The number of hydrogen-bond donors (Lipinski definition) is 1. The van der Waals surface area contributed by atoms with E-state index in [0.717, 1.165) is 24.2 Å². The molecule has 1 aliphatic heterocycles. The van der Waals surface area contributed by atoms with Crippen molar-refractivity contribution in [3.05, 3.63) is 53.1 Å². The monoisotopic (exact) mass is 311 g/mol. The van der Waals surface area contributed by atoms with Gasteiger partial charge < -0.3 is 19.5 Å². The average molecular weight is 311 g/mol. The highest BCUT2D eigenvalue weighted by molar-refractivity contribution is 5.83. The highest BCUT2D eigenvalue weighted by atomic mass is 16.5. The molecular weight excluding hydrogens is 290 g/mol. The Bertz CT molecular complexity index is 712. The van der Waals surface area contributed by atoms with Crippen molar-refractivity contribution >= 4 is 11.8 Å². The first-order chi connectivity index (χ1) is 11.3. The van der Waals surface area contributed by atoms with E-state index in [-0.39, 0.29) is 0 Å². The van der Waals surface area contributed by atoms with Crippen LogP contribution in [0.3, 0.4) is 0 Å². The van der Waals surface area contributed by atoms with Gasteiger partial charge >= 0.3 is 0 Å². The van der Waals surface area contributed by atoms with Crippen LogP contribution in [0.15, 0.2) is 36.4 Å². The minimum atomic E-state index is 0.606. The summed E-state index contributed by atoms with van der Waals surface area (Å²) in [5, 5.41) is 3.48. The van der Waals surface area contributed by atoms with Crippen molar-refractivity contribution < 1.29 is 14.2 Å². The SMILES string of the molecule is COc1cc(C=C2NCCc3ccccc32)cc(OC)c1OC. The van der Waals surface area contributed by atoms with Crippen molar-refractivity contribution in [3.8, 4) is 17.2 Å². The second-order valence-electron chi connectivity index (χ2n) is 5.35. The van der Waals surface area contributed by atoms with E-state index in [1.165, 1.54) is 11.1 Å². The molecule has 0 atom stereocenters. The molecule has 3 rings (SSSR count). The van der Waals surface area contributed by atoms with Crippen molar-refractivity contribution in [1.29, 1.82) is 0 Å². The number of benzene rings is 2. The summed E-state index contributed by atoms with van der Waals surface area (Å²) in [6.07, 6.45) is 3.16. The fourth-order valence-electron chi connectivity index (χ4n) is 2.91. The lowest BCUT2D eigenvalue weighted by atomic mass is 9.97. The maximum atomic E-state index is 5.42. The van der Waals surface area contributed by atoms with Crippen molar-refractivity contribution in [2.45, 2.75) is 6.42 Å². The van der Waals surface area contributed by atoms with Crippen LogP contribution in [0.2, 0.25) is 0 Å². The molecule has 2 aromatic carbocycles. The van der Waals surface area contributed by atoms with Gasteiger partial charge in [0.15, 0.2) is 11.5 Å². The molecule has 2 aromatic rings. The lowest BCUT2D eigenvalue weighted by Gasteiger charge is -2.21. The summed E-state index contributed by atoms with van der Waals surface area (Å²) in [6.45, 7) is 0.938. The van der Waals surface area contributed by atoms with Crippen LogP contribution >= 0.6 is 0 Å². The molecular formula is C19H21NO3. The maximum Gasteiger partial charge on any atom is 0.203 e. The molecule has 0 fully saturated rings. The van der Waals surface area contributed by atoms with E-state index in [9.17, 15) is 0 Å². The number of fused-ring (bicyclic) bond motifs is 1. The fourth-order valence-corrected chi connectivity index (χ4v) is 2.91. The Morgan fingerprint density at radius 1 is 0.957 bits per heavy atom. The zero-order chi connectivity index (χ0) is 16.2. The third-order valence-corrected chi connectivity index (χ3v) is 4.02. The summed E-state index contributed by atoms with van der Waals surface area (Å²) in [7, 11) is 4.86. The molecule has 23 heavy (non-hydrogen) atoms. The van der Waals surface area contributed by atoms with Gasteiger partial charge in [0.1, 0.15) is 0 Å². The lowest BCUT2D eigenvalue weighted by Crippen LogP contribution is -2.22. The number of ether oxygens (including phenoxy) is 3. The van der Waals surface area contributed by atoms with Crippen molar-refractivity contribution in [3.63, 3.8) is 0 Å². The van der Waals surface area contributed by atoms with E-state index < -0.39 is 0 Å². The minimum absolute atomic E-state index is 0.606. The summed E-state index contributed by atoms with van der Waals surface area (Å²) in [4.78, 5) is 0. The van der Waals surface area contributed by atoms with Crippen LogP contribution in [-0.4, -0.2) is 27.9 Å². The van der Waals surface area contributed by atoms with Crippen LogP contribution in [0.1, 0.15) is 16.7 Å². The summed E-state index contributed by atoms with van der Waals surface area (Å²) in [5.41, 5.74) is 4.72. The van der Waals surface area contributed by atoms with Gasteiger partial charge in [-0.2, -0.15) is 0 Å². The van der Waals surface area contributed by atoms with Gasteiger partial charge in [0, 0.05) is 17.8 Å². The van der Waals surface area contributed by atoms with Gasteiger partial charge in [-0.3, -0.25) is 0 Å². The Morgan fingerprint density at radius 2 is 1.65 bits per heavy atom. The third-order valence-electron chi connectivity index (χ3n) is 4.02. The molecule has 1 N–H and O–H groups in total. The first-order valence-corrected chi connectivity index (χ1v) is 7.60. The second kappa shape index (κ2) is 6.65. The topological polar surface area (TPSA) is 39.7 Å². The normalized spacial score (nSPS) is 14.8. The van der Waals surface area contributed by atoms with Gasteiger partial charge in [0.2, 0.25) is 5.75 Å². The van der Waals surface area contributed by atoms with Gasteiger partial charge in [0.25, 0.3) is 0 Å². The molecule has 0 unspecified atom stereocenters. The van der Waals surface area contributed by atoms with E-state index in [1.54, 1.807) is 21.3 Å². The largest absolute Gasteiger partial charge is 0.493 e.